The predicted octanol–water partition coefficient (Wildman–Crippen LogP) is 4.94. The summed E-state index contributed by atoms with van der Waals surface area (Å²) in [6, 6.07) is 0. The Labute approximate surface area is 140 Å². The summed E-state index contributed by atoms with van der Waals surface area (Å²) in [5.74, 6) is -0.721. The SMILES string of the molecule is CC(C)(C)C1=CC(=CCC(C)(C)C(=O)O)C=C(C(C)(C)C)C1=O. The summed E-state index contributed by atoms with van der Waals surface area (Å²) in [6.45, 7) is 15.6. The number of aliphatic carboxylic acids is 1. The smallest absolute Gasteiger partial charge is 0.309 e. The number of rotatable bonds is 3. The van der Waals surface area contributed by atoms with E-state index in [0.29, 0.717) is 6.42 Å². The van der Waals surface area contributed by atoms with Crippen LogP contribution in [-0.4, -0.2) is 16.9 Å². The molecule has 0 aliphatic heterocycles. The van der Waals surface area contributed by atoms with Gasteiger partial charge in [-0.3, -0.25) is 9.59 Å². The van der Waals surface area contributed by atoms with Gasteiger partial charge in [0.2, 0.25) is 0 Å². The zero-order valence-electron chi connectivity index (χ0n) is 15.7. The van der Waals surface area contributed by atoms with Crippen molar-refractivity contribution in [2.24, 2.45) is 16.2 Å². The van der Waals surface area contributed by atoms with E-state index in [1.165, 1.54) is 0 Å². The summed E-state index contributed by atoms with van der Waals surface area (Å²) in [5.41, 5.74) is 1.18. The van der Waals surface area contributed by atoms with Gasteiger partial charge >= 0.3 is 5.97 Å². The number of hydrogen-bond acceptors (Lipinski definition) is 2. The molecular weight excluding hydrogens is 288 g/mol. The highest BCUT2D eigenvalue weighted by atomic mass is 16.4. The van der Waals surface area contributed by atoms with Crippen molar-refractivity contribution >= 4 is 11.8 Å². The average Bonchev–Trinajstić information content (AvgIpc) is 2.34. The van der Waals surface area contributed by atoms with E-state index in [1.807, 2.05) is 59.8 Å². The first-order chi connectivity index (χ1) is 10.2. The van der Waals surface area contributed by atoms with Crippen LogP contribution < -0.4 is 0 Å². The van der Waals surface area contributed by atoms with Crippen molar-refractivity contribution < 1.29 is 14.7 Å². The first-order valence-electron chi connectivity index (χ1n) is 8.09. The first kappa shape index (κ1) is 19.4. The van der Waals surface area contributed by atoms with E-state index in [2.05, 4.69) is 0 Å². The molecule has 0 radical (unpaired) electrons. The molecule has 128 valence electrons. The molecule has 1 aliphatic rings. The standard InChI is InChI=1S/C20H30O3/c1-18(2,3)14-11-13(9-10-20(7,8)17(22)23)12-15(16(14)21)19(4,5)6/h9,11-12H,10H2,1-8H3,(H,22,23). The van der Waals surface area contributed by atoms with Crippen molar-refractivity contribution in [2.45, 2.75) is 61.8 Å². The van der Waals surface area contributed by atoms with Gasteiger partial charge in [-0.15, -0.1) is 0 Å². The zero-order valence-corrected chi connectivity index (χ0v) is 15.7. The van der Waals surface area contributed by atoms with Crippen LogP contribution in [0.1, 0.15) is 61.8 Å². The predicted molar refractivity (Wildman–Crippen MR) is 94.2 cm³/mol. The lowest BCUT2D eigenvalue weighted by atomic mass is 9.71. The molecule has 3 nitrogen and oxygen atoms in total. The number of carboxylic acids is 1. The van der Waals surface area contributed by atoms with E-state index in [1.54, 1.807) is 13.8 Å². The molecular formula is C20H30O3. The fourth-order valence-corrected chi connectivity index (χ4v) is 2.34. The molecule has 0 aromatic carbocycles. The van der Waals surface area contributed by atoms with Crippen LogP contribution in [0, 0.1) is 16.2 Å². The summed E-state index contributed by atoms with van der Waals surface area (Å²) >= 11 is 0. The molecule has 0 spiro atoms. The summed E-state index contributed by atoms with van der Waals surface area (Å²) in [7, 11) is 0. The van der Waals surface area contributed by atoms with Gasteiger partial charge in [-0.05, 0) is 48.8 Å². The fraction of sp³-hybridized carbons (Fsp3) is 0.600. The molecule has 0 heterocycles. The summed E-state index contributed by atoms with van der Waals surface area (Å²) in [5, 5.41) is 9.26. The van der Waals surface area contributed by atoms with Gasteiger partial charge in [-0.1, -0.05) is 47.6 Å². The van der Waals surface area contributed by atoms with Crippen LogP contribution in [0.2, 0.25) is 0 Å². The van der Waals surface area contributed by atoms with Gasteiger partial charge in [0.15, 0.2) is 5.78 Å². The number of allylic oxidation sites excluding steroid dienone is 6. The third-order valence-electron chi connectivity index (χ3n) is 4.15. The van der Waals surface area contributed by atoms with Crippen molar-refractivity contribution in [2.75, 3.05) is 0 Å². The lowest BCUT2D eigenvalue weighted by molar-refractivity contribution is -0.146. The van der Waals surface area contributed by atoms with Crippen LogP contribution in [0.4, 0.5) is 0 Å². The number of carbonyl (C=O) groups excluding carboxylic acids is 1. The Balaban J connectivity index is 3.34. The number of carbonyl (C=O) groups is 2. The number of carboxylic acid groups (broad SMARTS) is 1. The second kappa shape index (κ2) is 6.10. The molecule has 1 aliphatic carbocycles. The van der Waals surface area contributed by atoms with Gasteiger partial charge in [0.1, 0.15) is 0 Å². The summed E-state index contributed by atoms with van der Waals surface area (Å²) in [4.78, 5) is 24.1. The van der Waals surface area contributed by atoms with E-state index < -0.39 is 11.4 Å². The van der Waals surface area contributed by atoms with E-state index in [4.69, 9.17) is 0 Å². The minimum atomic E-state index is -0.820. The molecule has 23 heavy (non-hydrogen) atoms. The van der Waals surface area contributed by atoms with Gasteiger partial charge in [0.25, 0.3) is 0 Å². The lowest BCUT2D eigenvalue weighted by Gasteiger charge is -2.31. The molecule has 0 atom stereocenters. The molecule has 3 heteroatoms. The molecule has 1 rings (SSSR count). The molecule has 0 aromatic heterocycles. The lowest BCUT2D eigenvalue weighted by Crippen LogP contribution is -2.28. The van der Waals surface area contributed by atoms with Crippen molar-refractivity contribution in [3.8, 4) is 0 Å². The van der Waals surface area contributed by atoms with Gasteiger partial charge in [-0.2, -0.15) is 0 Å². The van der Waals surface area contributed by atoms with Crippen LogP contribution in [0.15, 0.2) is 34.9 Å². The fourth-order valence-electron chi connectivity index (χ4n) is 2.34. The van der Waals surface area contributed by atoms with E-state index in [0.717, 1.165) is 16.7 Å². The average molecular weight is 318 g/mol. The van der Waals surface area contributed by atoms with Gasteiger partial charge in [0.05, 0.1) is 5.41 Å². The number of ketones is 1. The number of Topliss-reactive ketones (excluding diaryl/α,β-unsaturated/α-hetero) is 1. The van der Waals surface area contributed by atoms with E-state index in [9.17, 15) is 14.7 Å². The Kier molecular flexibility index (Phi) is 5.15. The third kappa shape index (κ3) is 4.66. The van der Waals surface area contributed by atoms with E-state index >= 15 is 0 Å². The van der Waals surface area contributed by atoms with Crippen LogP contribution in [0.5, 0.6) is 0 Å². The van der Waals surface area contributed by atoms with Crippen molar-refractivity contribution in [3.63, 3.8) is 0 Å². The van der Waals surface area contributed by atoms with Crippen molar-refractivity contribution in [1.82, 2.24) is 0 Å². The van der Waals surface area contributed by atoms with E-state index in [-0.39, 0.29) is 16.6 Å². The highest BCUT2D eigenvalue weighted by molar-refractivity contribution is 6.11. The second-order valence-corrected chi connectivity index (χ2v) is 9.04. The largest absolute Gasteiger partial charge is 0.481 e. The van der Waals surface area contributed by atoms with Gasteiger partial charge < -0.3 is 5.11 Å². The summed E-state index contributed by atoms with van der Waals surface area (Å²) < 4.78 is 0. The molecule has 0 unspecified atom stereocenters. The normalized spacial score (nSPS) is 16.9. The first-order valence-corrected chi connectivity index (χ1v) is 8.09. The van der Waals surface area contributed by atoms with Crippen LogP contribution in [-0.2, 0) is 9.59 Å². The Hall–Kier alpha value is -1.64. The maximum absolute atomic E-state index is 12.8. The molecule has 0 saturated carbocycles. The Morgan fingerprint density at radius 2 is 1.35 bits per heavy atom. The topological polar surface area (TPSA) is 54.4 Å². The van der Waals surface area contributed by atoms with Crippen LogP contribution in [0.3, 0.4) is 0 Å². The maximum Gasteiger partial charge on any atom is 0.309 e. The van der Waals surface area contributed by atoms with Crippen molar-refractivity contribution in [3.05, 3.63) is 34.9 Å². The summed E-state index contributed by atoms with van der Waals surface area (Å²) in [6.07, 6.45) is 6.18. The molecule has 0 aromatic rings. The zero-order chi connectivity index (χ0) is 18.2. The third-order valence-corrected chi connectivity index (χ3v) is 4.15. The minimum absolute atomic E-state index is 0.0969. The van der Waals surface area contributed by atoms with Crippen LogP contribution in [0.25, 0.3) is 0 Å². The highest BCUT2D eigenvalue weighted by Gasteiger charge is 2.34. The number of hydrogen-bond donors (Lipinski definition) is 1. The Morgan fingerprint density at radius 1 is 0.957 bits per heavy atom. The van der Waals surface area contributed by atoms with Crippen molar-refractivity contribution in [1.29, 1.82) is 0 Å². The minimum Gasteiger partial charge on any atom is -0.481 e. The molecule has 1 N–H and O–H groups in total. The van der Waals surface area contributed by atoms with Crippen LogP contribution >= 0.6 is 0 Å². The highest BCUT2D eigenvalue weighted by Crippen LogP contribution is 2.39. The molecule has 0 bridgehead atoms. The Bertz CT molecular complexity index is 564. The molecule has 0 saturated heterocycles. The maximum atomic E-state index is 12.8. The van der Waals surface area contributed by atoms with Gasteiger partial charge in [0, 0.05) is 11.1 Å². The molecule has 0 amide bonds. The quantitative estimate of drug-likeness (QED) is 0.801. The molecule has 0 fully saturated rings. The van der Waals surface area contributed by atoms with Gasteiger partial charge in [-0.25, -0.2) is 0 Å². The monoisotopic (exact) mass is 318 g/mol. The second-order valence-electron chi connectivity index (χ2n) is 9.04. The Morgan fingerprint density at radius 3 is 1.65 bits per heavy atom.